The van der Waals surface area contributed by atoms with Gasteiger partial charge in [0.25, 0.3) is 0 Å². The Hall–Kier alpha value is -1.78. The lowest BCUT2D eigenvalue weighted by molar-refractivity contribution is -0.386. The SMILES string of the molecule is N#Cc1ccc(OCC2(CS)CCOCC2)c([N+](=O)[O-])c1. The molecular weight excluding hydrogens is 292 g/mol. The standard InChI is InChI=1S/C14H16N2O4S/c15-8-11-1-2-13(12(7-11)16(17)18)20-9-14(10-21)3-5-19-6-4-14/h1-2,7,21H,3-6,9-10H2. The van der Waals surface area contributed by atoms with Crippen LogP contribution >= 0.6 is 12.6 Å². The molecule has 0 aliphatic carbocycles. The Bertz CT molecular complexity index is 565. The number of nitriles is 1. The highest BCUT2D eigenvalue weighted by Gasteiger charge is 2.33. The summed E-state index contributed by atoms with van der Waals surface area (Å²) in [6.45, 7) is 1.66. The molecule has 1 saturated heterocycles. The second-order valence-corrected chi connectivity index (χ2v) is 5.43. The number of hydrogen-bond donors (Lipinski definition) is 1. The first-order valence-electron chi connectivity index (χ1n) is 6.60. The summed E-state index contributed by atoms with van der Waals surface area (Å²) in [5.41, 5.74) is -0.0669. The Balaban J connectivity index is 2.15. The summed E-state index contributed by atoms with van der Waals surface area (Å²) in [7, 11) is 0. The van der Waals surface area contributed by atoms with Gasteiger partial charge in [-0.1, -0.05) is 0 Å². The maximum atomic E-state index is 11.1. The minimum atomic E-state index is -0.534. The molecule has 0 radical (unpaired) electrons. The molecule has 0 unspecified atom stereocenters. The van der Waals surface area contributed by atoms with E-state index in [9.17, 15) is 10.1 Å². The Morgan fingerprint density at radius 2 is 2.19 bits per heavy atom. The number of nitro groups is 1. The maximum Gasteiger partial charge on any atom is 0.312 e. The molecule has 6 nitrogen and oxygen atoms in total. The van der Waals surface area contributed by atoms with E-state index in [1.54, 1.807) is 0 Å². The number of hydrogen-bond acceptors (Lipinski definition) is 6. The van der Waals surface area contributed by atoms with E-state index in [2.05, 4.69) is 12.6 Å². The van der Waals surface area contributed by atoms with Gasteiger partial charge in [-0.2, -0.15) is 17.9 Å². The normalized spacial score (nSPS) is 17.0. The van der Waals surface area contributed by atoms with Gasteiger partial charge in [-0.3, -0.25) is 10.1 Å². The van der Waals surface area contributed by atoms with Gasteiger partial charge in [-0.25, -0.2) is 0 Å². The third kappa shape index (κ3) is 3.65. The molecular formula is C14H16N2O4S. The van der Waals surface area contributed by atoms with Crippen molar-refractivity contribution in [3.05, 3.63) is 33.9 Å². The molecule has 0 N–H and O–H groups in total. The summed E-state index contributed by atoms with van der Waals surface area (Å²) < 4.78 is 11.0. The van der Waals surface area contributed by atoms with Gasteiger partial charge >= 0.3 is 5.69 Å². The quantitative estimate of drug-likeness (QED) is 0.513. The molecule has 0 atom stereocenters. The van der Waals surface area contributed by atoms with Crippen molar-refractivity contribution in [2.45, 2.75) is 12.8 Å². The van der Waals surface area contributed by atoms with Gasteiger partial charge in [0.2, 0.25) is 0 Å². The smallest absolute Gasteiger partial charge is 0.312 e. The second kappa shape index (κ2) is 6.78. The van der Waals surface area contributed by atoms with Gasteiger partial charge in [-0.05, 0) is 30.7 Å². The third-order valence-corrected chi connectivity index (χ3v) is 4.38. The molecule has 1 heterocycles. The van der Waals surface area contributed by atoms with Crippen molar-refractivity contribution in [3.63, 3.8) is 0 Å². The zero-order valence-electron chi connectivity index (χ0n) is 11.4. The van der Waals surface area contributed by atoms with Crippen molar-refractivity contribution < 1.29 is 14.4 Å². The van der Waals surface area contributed by atoms with Crippen molar-refractivity contribution in [1.29, 1.82) is 5.26 Å². The second-order valence-electron chi connectivity index (χ2n) is 5.11. The monoisotopic (exact) mass is 308 g/mol. The van der Waals surface area contributed by atoms with E-state index in [1.165, 1.54) is 18.2 Å². The van der Waals surface area contributed by atoms with Crippen LogP contribution in [0.1, 0.15) is 18.4 Å². The van der Waals surface area contributed by atoms with Crippen LogP contribution in [0.25, 0.3) is 0 Å². The van der Waals surface area contributed by atoms with Crippen molar-refractivity contribution >= 4 is 18.3 Å². The fraction of sp³-hybridized carbons (Fsp3) is 0.500. The van der Waals surface area contributed by atoms with Crippen molar-refractivity contribution in [3.8, 4) is 11.8 Å². The summed E-state index contributed by atoms with van der Waals surface area (Å²) in [6, 6.07) is 6.10. The molecule has 2 rings (SSSR count). The van der Waals surface area contributed by atoms with Gasteiger partial charge in [0.15, 0.2) is 5.75 Å². The molecule has 112 valence electrons. The van der Waals surface area contributed by atoms with Crippen LogP contribution in [0.15, 0.2) is 18.2 Å². The van der Waals surface area contributed by atoms with Crippen LogP contribution in [0, 0.1) is 26.9 Å². The number of thiol groups is 1. The lowest BCUT2D eigenvalue weighted by Crippen LogP contribution is -2.37. The zero-order valence-corrected chi connectivity index (χ0v) is 12.3. The van der Waals surface area contributed by atoms with Gasteiger partial charge in [-0.15, -0.1) is 0 Å². The predicted molar refractivity (Wildman–Crippen MR) is 79.6 cm³/mol. The van der Waals surface area contributed by atoms with E-state index in [1.807, 2.05) is 6.07 Å². The lowest BCUT2D eigenvalue weighted by Gasteiger charge is -2.35. The van der Waals surface area contributed by atoms with Crippen molar-refractivity contribution in [2.24, 2.45) is 5.41 Å². The summed E-state index contributed by atoms with van der Waals surface area (Å²) in [6.07, 6.45) is 1.64. The van der Waals surface area contributed by atoms with E-state index in [4.69, 9.17) is 14.7 Å². The zero-order chi connectivity index (χ0) is 15.3. The highest BCUT2D eigenvalue weighted by Crippen LogP contribution is 2.35. The number of rotatable bonds is 5. The highest BCUT2D eigenvalue weighted by atomic mass is 32.1. The average molecular weight is 308 g/mol. The van der Waals surface area contributed by atoms with E-state index >= 15 is 0 Å². The highest BCUT2D eigenvalue weighted by molar-refractivity contribution is 7.80. The lowest BCUT2D eigenvalue weighted by atomic mass is 9.83. The molecule has 0 amide bonds. The van der Waals surface area contributed by atoms with Crippen LogP contribution in [0.4, 0.5) is 5.69 Å². The van der Waals surface area contributed by atoms with E-state index in [0.717, 1.165) is 12.8 Å². The van der Waals surface area contributed by atoms with E-state index in [-0.39, 0.29) is 22.4 Å². The van der Waals surface area contributed by atoms with Crippen LogP contribution in [0.2, 0.25) is 0 Å². The predicted octanol–water partition coefficient (Wildman–Crippen LogP) is 2.57. The van der Waals surface area contributed by atoms with Gasteiger partial charge < -0.3 is 9.47 Å². The fourth-order valence-corrected chi connectivity index (χ4v) is 2.64. The molecule has 1 aliphatic rings. The van der Waals surface area contributed by atoms with Crippen LogP contribution < -0.4 is 4.74 Å². The molecule has 21 heavy (non-hydrogen) atoms. The van der Waals surface area contributed by atoms with Gasteiger partial charge in [0.1, 0.15) is 0 Å². The summed E-state index contributed by atoms with van der Waals surface area (Å²) >= 11 is 4.38. The van der Waals surface area contributed by atoms with Crippen molar-refractivity contribution in [1.82, 2.24) is 0 Å². The first kappa shape index (κ1) is 15.6. The number of ether oxygens (including phenoxy) is 2. The Labute approximate surface area is 128 Å². The molecule has 0 spiro atoms. The van der Waals surface area contributed by atoms with Gasteiger partial charge in [0.05, 0.1) is 23.2 Å². The molecule has 1 aromatic carbocycles. The number of benzene rings is 1. The molecule has 0 saturated carbocycles. The minimum absolute atomic E-state index is 0.122. The van der Waals surface area contributed by atoms with E-state index in [0.29, 0.717) is 25.6 Å². The van der Waals surface area contributed by atoms with Crippen LogP contribution in [-0.2, 0) is 4.74 Å². The largest absolute Gasteiger partial charge is 0.486 e. The minimum Gasteiger partial charge on any atom is -0.486 e. The molecule has 0 bridgehead atoms. The Kier molecular flexibility index (Phi) is 5.04. The van der Waals surface area contributed by atoms with Crippen LogP contribution in [-0.4, -0.2) is 30.5 Å². The first-order chi connectivity index (χ1) is 10.1. The third-order valence-electron chi connectivity index (χ3n) is 3.71. The van der Waals surface area contributed by atoms with Crippen LogP contribution in [0.3, 0.4) is 0 Å². The molecule has 7 heteroatoms. The van der Waals surface area contributed by atoms with E-state index < -0.39 is 4.92 Å². The average Bonchev–Trinajstić information content (AvgIpc) is 2.53. The number of nitro benzene ring substituents is 1. The summed E-state index contributed by atoms with van der Waals surface area (Å²) in [5.74, 6) is 0.826. The summed E-state index contributed by atoms with van der Waals surface area (Å²) in [5, 5.41) is 19.9. The topological polar surface area (TPSA) is 85.4 Å². The Morgan fingerprint density at radius 3 is 2.76 bits per heavy atom. The molecule has 1 aromatic rings. The first-order valence-corrected chi connectivity index (χ1v) is 7.23. The molecule has 1 fully saturated rings. The summed E-state index contributed by atoms with van der Waals surface area (Å²) in [4.78, 5) is 10.5. The maximum absolute atomic E-state index is 11.1. The molecule has 1 aliphatic heterocycles. The van der Waals surface area contributed by atoms with Crippen molar-refractivity contribution in [2.75, 3.05) is 25.6 Å². The Morgan fingerprint density at radius 1 is 1.48 bits per heavy atom. The fourth-order valence-electron chi connectivity index (χ4n) is 2.24. The van der Waals surface area contributed by atoms with Crippen LogP contribution in [0.5, 0.6) is 5.75 Å². The molecule has 0 aromatic heterocycles. The van der Waals surface area contributed by atoms with Gasteiger partial charge in [0, 0.05) is 24.7 Å². The number of nitrogens with zero attached hydrogens (tertiary/aromatic N) is 2.